The molecule has 6 unspecified atom stereocenters. The summed E-state index contributed by atoms with van der Waals surface area (Å²) in [5.41, 5.74) is 11.5. The van der Waals surface area contributed by atoms with Crippen LogP contribution in [0.1, 0.15) is 83.5 Å². The molecule has 2 amide bonds. The van der Waals surface area contributed by atoms with Gasteiger partial charge in [0.05, 0.1) is 11.9 Å². The number of hydrogen-bond acceptors (Lipinski definition) is 5. The van der Waals surface area contributed by atoms with Gasteiger partial charge in [0.1, 0.15) is 6.17 Å². The van der Waals surface area contributed by atoms with Gasteiger partial charge in [0.25, 0.3) is 0 Å². The Kier molecular flexibility index (Phi) is 8.39. The van der Waals surface area contributed by atoms with Crippen LogP contribution in [0.25, 0.3) is 0 Å². The zero-order chi connectivity index (χ0) is 26.1. The summed E-state index contributed by atoms with van der Waals surface area (Å²) in [6, 6.07) is 0.679. The molecule has 5 fully saturated rings. The molecule has 0 bridgehead atoms. The van der Waals surface area contributed by atoms with E-state index in [9.17, 15) is 14.0 Å². The van der Waals surface area contributed by atoms with Crippen LogP contribution in [0, 0.1) is 29.1 Å². The van der Waals surface area contributed by atoms with Crippen LogP contribution in [-0.4, -0.2) is 77.4 Å². The van der Waals surface area contributed by atoms with Crippen molar-refractivity contribution >= 4 is 17.6 Å². The van der Waals surface area contributed by atoms with Crippen LogP contribution in [0.4, 0.5) is 4.39 Å². The van der Waals surface area contributed by atoms with E-state index in [4.69, 9.17) is 16.9 Å². The number of amides is 2. The third-order valence-electron chi connectivity index (χ3n) is 10.4. The number of carbonyl (C=O) groups excluding carboxylic acids is 2. The summed E-state index contributed by atoms with van der Waals surface area (Å²) in [5, 5.41) is 11.5. The van der Waals surface area contributed by atoms with E-state index in [1.165, 1.54) is 0 Å². The van der Waals surface area contributed by atoms with Crippen molar-refractivity contribution in [1.29, 1.82) is 5.41 Å². The van der Waals surface area contributed by atoms with Crippen molar-refractivity contribution in [2.75, 3.05) is 19.6 Å². The van der Waals surface area contributed by atoms with E-state index >= 15 is 0 Å². The van der Waals surface area contributed by atoms with Gasteiger partial charge in [0.2, 0.25) is 11.8 Å². The first kappa shape index (κ1) is 26.9. The van der Waals surface area contributed by atoms with Gasteiger partial charge in [-0.15, -0.1) is 0 Å². The molecule has 5 aliphatic rings. The Hall–Kier alpha value is -1.74. The second-order valence-electron chi connectivity index (χ2n) is 12.8. The van der Waals surface area contributed by atoms with Gasteiger partial charge in [-0.2, -0.15) is 0 Å². The number of carbonyl (C=O) groups is 2. The van der Waals surface area contributed by atoms with Crippen molar-refractivity contribution in [3.05, 3.63) is 0 Å². The molecular formula is C28H47FN6O2. The highest BCUT2D eigenvalue weighted by atomic mass is 19.1. The first-order valence-electron chi connectivity index (χ1n) is 14.9. The molecule has 5 rings (SSSR count). The number of nitrogens with one attached hydrogen (secondary N) is 2. The summed E-state index contributed by atoms with van der Waals surface area (Å²) in [6.07, 6.45) is 11.4. The second kappa shape index (κ2) is 11.6. The van der Waals surface area contributed by atoms with Crippen LogP contribution < -0.4 is 16.8 Å². The fraction of sp³-hybridized carbons (Fsp3) is 0.893. The quantitative estimate of drug-likeness (QED) is 0.304. The van der Waals surface area contributed by atoms with Gasteiger partial charge in [-0.1, -0.05) is 0 Å². The van der Waals surface area contributed by atoms with Crippen LogP contribution in [0.3, 0.4) is 0 Å². The van der Waals surface area contributed by atoms with Crippen molar-refractivity contribution in [2.45, 2.75) is 114 Å². The molecule has 6 N–H and O–H groups in total. The lowest BCUT2D eigenvalue weighted by Gasteiger charge is -2.40. The Morgan fingerprint density at radius 3 is 2.35 bits per heavy atom. The highest BCUT2D eigenvalue weighted by Gasteiger charge is 2.48. The van der Waals surface area contributed by atoms with Gasteiger partial charge in [-0.25, -0.2) is 4.39 Å². The van der Waals surface area contributed by atoms with E-state index in [2.05, 4.69) is 15.1 Å². The summed E-state index contributed by atoms with van der Waals surface area (Å²) >= 11 is 0. The molecule has 0 aromatic heterocycles. The minimum atomic E-state index is -0.706. The summed E-state index contributed by atoms with van der Waals surface area (Å²) in [7, 11) is 0. The van der Waals surface area contributed by atoms with Gasteiger partial charge in [-0.3, -0.25) is 24.8 Å². The van der Waals surface area contributed by atoms with Gasteiger partial charge < -0.3 is 16.8 Å². The lowest BCUT2D eigenvalue weighted by Crippen LogP contribution is -2.53. The first-order valence-corrected chi connectivity index (χ1v) is 14.9. The molecule has 37 heavy (non-hydrogen) atoms. The SMILES string of the molecule is N=C(N)C1CCC2CC(C(=O)NC3CCCC(N4CC[C@H](F)C4)C3)N(CC3CCC(C(N)=O)CC3)C2C1. The highest BCUT2D eigenvalue weighted by Crippen LogP contribution is 2.43. The molecule has 9 heteroatoms. The van der Waals surface area contributed by atoms with Crippen molar-refractivity contribution in [3.63, 3.8) is 0 Å². The maximum atomic E-state index is 13.8. The minimum absolute atomic E-state index is 0.0130. The summed E-state index contributed by atoms with van der Waals surface area (Å²) < 4.78 is 13.8. The third kappa shape index (κ3) is 6.13. The van der Waals surface area contributed by atoms with E-state index in [1.807, 2.05) is 0 Å². The van der Waals surface area contributed by atoms with Gasteiger partial charge in [0.15, 0.2) is 0 Å². The van der Waals surface area contributed by atoms with Crippen LogP contribution in [0.15, 0.2) is 0 Å². The van der Waals surface area contributed by atoms with E-state index in [1.54, 1.807) is 0 Å². The largest absolute Gasteiger partial charge is 0.387 e. The number of likely N-dealkylation sites (tertiary alicyclic amines) is 2. The molecular weight excluding hydrogens is 471 g/mol. The monoisotopic (exact) mass is 518 g/mol. The molecule has 0 radical (unpaired) electrons. The molecule has 0 aromatic carbocycles. The normalized spacial score (nSPS) is 41.3. The number of amidine groups is 1. The average Bonchev–Trinajstić information content (AvgIpc) is 3.48. The molecule has 0 spiro atoms. The number of halogens is 1. The number of fused-ring (bicyclic) bond motifs is 1. The van der Waals surface area contributed by atoms with Crippen molar-refractivity contribution in [3.8, 4) is 0 Å². The van der Waals surface area contributed by atoms with E-state index in [0.717, 1.165) is 90.1 Å². The lowest BCUT2D eigenvalue weighted by molar-refractivity contribution is -0.127. The van der Waals surface area contributed by atoms with E-state index < -0.39 is 6.17 Å². The smallest absolute Gasteiger partial charge is 0.237 e. The first-order chi connectivity index (χ1) is 17.8. The van der Waals surface area contributed by atoms with Crippen molar-refractivity contribution in [1.82, 2.24) is 15.1 Å². The van der Waals surface area contributed by atoms with Gasteiger partial charge >= 0.3 is 0 Å². The molecule has 0 aromatic rings. The number of rotatable bonds is 7. The summed E-state index contributed by atoms with van der Waals surface area (Å²) in [6.45, 7) is 2.25. The Bertz CT molecular complexity index is 849. The van der Waals surface area contributed by atoms with E-state index in [0.29, 0.717) is 30.8 Å². The number of hydrogen-bond donors (Lipinski definition) is 4. The highest BCUT2D eigenvalue weighted by molar-refractivity contribution is 5.83. The molecule has 8 nitrogen and oxygen atoms in total. The lowest BCUT2D eigenvalue weighted by atomic mass is 9.77. The van der Waals surface area contributed by atoms with Crippen LogP contribution in [0.5, 0.6) is 0 Å². The fourth-order valence-electron chi connectivity index (χ4n) is 8.27. The van der Waals surface area contributed by atoms with Gasteiger partial charge in [0, 0.05) is 49.6 Å². The standard InChI is InChI=1S/C28H47FN6O2/c29-21-10-11-34(16-21)23-3-1-2-22(14-23)33-28(37)25-12-19-8-9-20(26(30)31)13-24(19)35(25)15-17-4-6-18(7-5-17)27(32)36/h17-25H,1-16H2,(H3,30,31)(H2,32,36)(H,33,37)/t17?,18?,19?,20?,21-,22?,23?,24?,25?/m0/s1. The topological polar surface area (TPSA) is 129 Å². The Labute approximate surface area is 220 Å². The molecule has 7 atom stereocenters. The Morgan fingerprint density at radius 1 is 0.919 bits per heavy atom. The maximum absolute atomic E-state index is 13.8. The van der Waals surface area contributed by atoms with E-state index in [-0.39, 0.29) is 47.6 Å². The molecule has 2 aliphatic heterocycles. The second-order valence-corrected chi connectivity index (χ2v) is 12.8. The summed E-state index contributed by atoms with van der Waals surface area (Å²) in [5.74, 6) is 1.27. The maximum Gasteiger partial charge on any atom is 0.237 e. The van der Waals surface area contributed by atoms with Crippen molar-refractivity contribution in [2.24, 2.45) is 35.1 Å². The molecule has 3 aliphatic carbocycles. The molecule has 2 saturated heterocycles. The molecule has 2 heterocycles. The number of primary amides is 1. The number of alkyl halides is 1. The van der Waals surface area contributed by atoms with Gasteiger partial charge in [-0.05, 0) is 95.3 Å². The predicted octanol–water partition coefficient (Wildman–Crippen LogP) is 2.54. The molecule has 208 valence electrons. The zero-order valence-electron chi connectivity index (χ0n) is 22.3. The fourth-order valence-corrected chi connectivity index (χ4v) is 8.27. The zero-order valence-corrected chi connectivity index (χ0v) is 22.3. The van der Waals surface area contributed by atoms with Crippen LogP contribution in [0.2, 0.25) is 0 Å². The Balaban J connectivity index is 1.24. The van der Waals surface area contributed by atoms with Crippen molar-refractivity contribution < 1.29 is 14.0 Å². The van der Waals surface area contributed by atoms with Crippen LogP contribution in [-0.2, 0) is 9.59 Å². The average molecular weight is 519 g/mol. The Morgan fingerprint density at radius 2 is 1.68 bits per heavy atom. The third-order valence-corrected chi connectivity index (χ3v) is 10.4. The summed E-state index contributed by atoms with van der Waals surface area (Å²) in [4.78, 5) is 30.2. The predicted molar refractivity (Wildman–Crippen MR) is 142 cm³/mol. The molecule has 3 saturated carbocycles. The minimum Gasteiger partial charge on any atom is -0.387 e. The number of nitrogens with zero attached hydrogens (tertiary/aromatic N) is 2. The number of nitrogens with two attached hydrogens (primary N) is 2. The van der Waals surface area contributed by atoms with Crippen LogP contribution >= 0.6 is 0 Å².